The quantitative estimate of drug-likeness (QED) is 0.653. The van der Waals surface area contributed by atoms with Crippen LogP contribution in [0, 0.1) is 0 Å². The fourth-order valence-electron chi connectivity index (χ4n) is 1.47. The van der Waals surface area contributed by atoms with Crippen molar-refractivity contribution in [3.8, 4) is 0 Å². The molecule has 8 heteroatoms. The predicted octanol–water partition coefficient (Wildman–Crippen LogP) is 1.20. The first kappa shape index (κ1) is 15.8. The molecule has 0 heterocycles. The third-order valence-corrected chi connectivity index (χ3v) is 4.00. The lowest BCUT2D eigenvalue weighted by Crippen LogP contribution is -2.14. The second kappa shape index (κ2) is 6.78. The summed E-state index contributed by atoms with van der Waals surface area (Å²) in [5, 5.41) is 17.0. The molecule has 19 heavy (non-hydrogen) atoms. The zero-order valence-corrected chi connectivity index (χ0v) is 12.1. The number of hydrogen-bond donors (Lipinski definition) is 3. The highest BCUT2D eigenvalue weighted by Crippen LogP contribution is 2.20. The van der Waals surface area contributed by atoms with Crippen LogP contribution < -0.4 is 10.5 Å². The fourth-order valence-corrected chi connectivity index (χ4v) is 2.44. The highest BCUT2D eigenvalue weighted by atomic mass is 32.2. The maximum absolute atomic E-state index is 11.2. The number of anilines is 1. The molecule has 4 N–H and O–H groups in total. The van der Waals surface area contributed by atoms with E-state index in [1.807, 2.05) is 6.26 Å². The number of benzene rings is 1. The van der Waals surface area contributed by atoms with Gasteiger partial charge in [0.25, 0.3) is 0 Å². The van der Waals surface area contributed by atoms with E-state index in [2.05, 4.69) is 5.32 Å². The fraction of sp³-hybridized carbons (Fsp3) is 0.364. The Bertz CT molecular complexity index is 558. The molecule has 0 radical (unpaired) electrons. The van der Waals surface area contributed by atoms with Crippen molar-refractivity contribution in [1.29, 1.82) is 0 Å². The summed E-state index contributed by atoms with van der Waals surface area (Å²) in [5.41, 5.74) is 0.289. The molecule has 0 spiro atoms. The molecule has 0 aliphatic carbocycles. The van der Waals surface area contributed by atoms with Crippen molar-refractivity contribution in [3.63, 3.8) is 0 Å². The van der Waals surface area contributed by atoms with E-state index in [1.165, 1.54) is 12.1 Å². The van der Waals surface area contributed by atoms with Gasteiger partial charge in [-0.2, -0.15) is 11.8 Å². The summed E-state index contributed by atoms with van der Waals surface area (Å²) in [7, 11) is -3.90. The minimum Gasteiger partial charge on any atom is -0.478 e. The van der Waals surface area contributed by atoms with Gasteiger partial charge in [-0.25, -0.2) is 18.4 Å². The van der Waals surface area contributed by atoms with Crippen LogP contribution in [-0.2, 0) is 10.0 Å². The van der Waals surface area contributed by atoms with Gasteiger partial charge in [-0.3, -0.25) is 0 Å². The van der Waals surface area contributed by atoms with Gasteiger partial charge in [-0.15, -0.1) is 0 Å². The molecule has 0 atom stereocenters. The van der Waals surface area contributed by atoms with Gasteiger partial charge in [0.05, 0.1) is 10.5 Å². The summed E-state index contributed by atoms with van der Waals surface area (Å²) in [6, 6.07) is 3.77. The smallest absolute Gasteiger partial charge is 0.337 e. The third kappa shape index (κ3) is 4.73. The first-order valence-corrected chi connectivity index (χ1v) is 8.43. The van der Waals surface area contributed by atoms with E-state index in [4.69, 9.17) is 10.2 Å². The second-order valence-corrected chi connectivity index (χ2v) is 6.38. The average Bonchev–Trinajstić information content (AvgIpc) is 2.33. The van der Waals surface area contributed by atoms with Gasteiger partial charge in [0.2, 0.25) is 10.0 Å². The zero-order chi connectivity index (χ0) is 14.5. The highest BCUT2D eigenvalue weighted by molar-refractivity contribution is 7.98. The molecule has 0 aromatic heterocycles. The van der Waals surface area contributed by atoms with E-state index >= 15 is 0 Å². The van der Waals surface area contributed by atoms with Crippen LogP contribution in [0.5, 0.6) is 0 Å². The summed E-state index contributed by atoms with van der Waals surface area (Å²) in [5.74, 6) is -0.233. The van der Waals surface area contributed by atoms with Crippen LogP contribution in [-0.4, -0.2) is 38.0 Å². The van der Waals surface area contributed by atoms with Crippen molar-refractivity contribution in [1.82, 2.24) is 0 Å². The molecule has 0 unspecified atom stereocenters. The molecule has 0 fully saturated rings. The topological polar surface area (TPSA) is 109 Å². The van der Waals surface area contributed by atoms with Crippen LogP contribution in [0.15, 0.2) is 23.1 Å². The van der Waals surface area contributed by atoms with Crippen molar-refractivity contribution in [2.75, 3.05) is 23.9 Å². The summed E-state index contributed by atoms with van der Waals surface area (Å²) in [6.45, 7) is 0.621. The lowest BCUT2D eigenvalue weighted by molar-refractivity contribution is 0.0697. The van der Waals surface area contributed by atoms with E-state index in [9.17, 15) is 13.2 Å². The summed E-state index contributed by atoms with van der Waals surface area (Å²) < 4.78 is 22.4. The number of carboxylic acid groups (broad SMARTS) is 1. The number of hydrogen-bond acceptors (Lipinski definition) is 5. The molecule has 0 bridgehead atoms. The van der Waals surface area contributed by atoms with E-state index in [0.717, 1.165) is 18.2 Å². The Hall–Kier alpha value is -1.25. The molecule has 0 saturated heterocycles. The molecule has 6 nitrogen and oxygen atoms in total. The van der Waals surface area contributed by atoms with Gasteiger partial charge in [-0.1, -0.05) is 0 Å². The molecule has 1 rings (SSSR count). The summed E-state index contributed by atoms with van der Waals surface area (Å²) >= 11 is 1.70. The Balaban J connectivity index is 2.96. The monoisotopic (exact) mass is 304 g/mol. The minimum atomic E-state index is -3.90. The first-order valence-electron chi connectivity index (χ1n) is 5.49. The van der Waals surface area contributed by atoms with Crippen molar-refractivity contribution in [2.24, 2.45) is 5.14 Å². The number of thioether (sulfide) groups is 1. The van der Waals surface area contributed by atoms with Crippen molar-refractivity contribution in [2.45, 2.75) is 11.3 Å². The number of nitrogens with one attached hydrogen (secondary N) is 1. The first-order chi connectivity index (χ1) is 8.86. The molecule has 0 aliphatic rings. The van der Waals surface area contributed by atoms with Crippen molar-refractivity contribution >= 4 is 33.4 Å². The van der Waals surface area contributed by atoms with Gasteiger partial charge in [0, 0.05) is 12.2 Å². The Labute approximate surface area is 116 Å². The number of nitrogens with two attached hydrogens (primary N) is 1. The van der Waals surface area contributed by atoms with Crippen LogP contribution in [0.4, 0.5) is 5.69 Å². The number of carboxylic acids is 1. The average molecular weight is 304 g/mol. The Kier molecular flexibility index (Phi) is 5.64. The number of rotatable bonds is 7. The lowest BCUT2D eigenvalue weighted by atomic mass is 10.2. The standard InChI is InChI=1S/C11H16N2O4S2/c1-18-6-2-5-13-10-4-3-8(19(12,16)17)7-9(10)11(14)15/h3-4,7,13H,2,5-6H2,1H3,(H,14,15)(H2,12,16,17). The van der Waals surface area contributed by atoms with Crippen LogP contribution in [0.1, 0.15) is 16.8 Å². The van der Waals surface area contributed by atoms with Gasteiger partial charge in [-0.05, 0) is 36.6 Å². The summed E-state index contributed by atoms with van der Waals surface area (Å²) in [4.78, 5) is 10.9. The zero-order valence-electron chi connectivity index (χ0n) is 10.4. The largest absolute Gasteiger partial charge is 0.478 e. The molecule has 0 amide bonds. The maximum atomic E-state index is 11.2. The van der Waals surface area contributed by atoms with Crippen LogP contribution in [0.3, 0.4) is 0 Å². The second-order valence-electron chi connectivity index (χ2n) is 3.83. The molecule has 106 valence electrons. The Morgan fingerprint density at radius 1 is 1.47 bits per heavy atom. The molecule has 1 aromatic rings. The Morgan fingerprint density at radius 3 is 2.68 bits per heavy atom. The van der Waals surface area contributed by atoms with Crippen LogP contribution >= 0.6 is 11.8 Å². The lowest BCUT2D eigenvalue weighted by Gasteiger charge is -2.10. The molecule has 1 aromatic carbocycles. The Morgan fingerprint density at radius 2 is 2.16 bits per heavy atom. The van der Waals surface area contributed by atoms with E-state index in [0.29, 0.717) is 12.2 Å². The van der Waals surface area contributed by atoms with Crippen LogP contribution in [0.25, 0.3) is 0 Å². The van der Waals surface area contributed by atoms with Gasteiger partial charge < -0.3 is 10.4 Å². The number of carbonyl (C=O) groups is 1. The van der Waals surface area contributed by atoms with Gasteiger partial charge in [0.1, 0.15) is 0 Å². The maximum Gasteiger partial charge on any atom is 0.337 e. The number of primary sulfonamides is 1. The third-order valence-electron chi connectivity index (χ3n) is 2.39. The van der Waals surface area contributed by atoms with E-state index in [-0.39, 0.29) is 10.5 Å². The molecule has 0 aliphatic heterocycles. The molecular formula is C11H16N2O4S2. The normalized spacial score (nSPS) is 11.3. The van der Waals surface area contributed by atoms with Gasteiger partial charge in [0.15, 0.2) is 0 Å². The highest BCUT2D eigenvalue weighted by Gasteiger charge is 2.15. The number of aromatic carboxylic acids is 1. The van der Waals surface area contributed by atoms with E-state index in [1.54, 1.807) is 11.8 Å². The van der Waals surface area contributed by atoms with Crippen LogP contribution in [0.2, 0.25) is 0 Å². The van der Waals surface area contributed by atoms with Crippen molar-refractivity contribution < 1.29 is 18.3 Å². The molecule has 0 saturated carbocycles. The summed E-state index contributed by atoms with van der Waals surface area (Å²) in [6.07, 6.45) is 2.88. The predicted molar refractivity (Wildman–Crippen MR) is 76.3 cm³/mol. The SMILES string of the molecule is CSCCCNc1ccc(S(N)(=O)=O)cc1C(=O)O. The van der Waals surface area contributed by atoms with Gasteiger partial charge >= 0.3 is 5.97 Å². The molecular weight excluding hydrogens is 288 g/mol. The van der Waals surface area contributed by atoms with Crippen molar-refractivity contribution in [3.05, 3.63) is 23.8 Å². The van der Waals surface area contributed by atoms with E-state index < -0.39 is 16.0 Å². The minimum absolute atomic E-state index is 0.101. The number of sulfonamides is 1.